The first-order valence-electron chi connectivity index (χ1n) is 8.61. The quantitative estimate of drug-likeness (QED) is 0.596. The van der Waals surface area contributed by atoms with Gasteiger partial charge in [-0.3, -0.25) is 14.6 Å². The number of carbonyl (C=O) groups excluding carboxylic acids is 2. The zero-order valence-corrected chi connectivity index (χ0v) is 14.1. The lowest BCUT2D eigenvalue weighted by atomic mass is 9.96. The summed E-state index contributed by atoms with van der Waals surface area (Å²) in [7, 11) is 0. The first-order valence-corrected chi connectivity index (χ1v) is 8.61. The molecule has 25 heavy (non-hydrogen) atoms. The number of aryl methyl sites for hydroxylation is 1. The van der Waals surface area contributed by atoms with Crippen LogP contribution in [0.25, 0.3) is 0 Å². The maximum absolute atomic E-state index is 12.2. The number of piperidine rings is 1. The van der Waals surface area contributed by atoms with Crippen LogP contribution in [0.15, 0.2) is 47.5 Å². The van der Waals surface area contributed by atoms with Gasteiger partial charge in [-0.2, -0.15) is 0 Å². The van der Waals surface area contributed by atoms with Gasteiger partial charge >= 0.3 is 5.97 Å². The number of likely N-dealkylation sites (tertiary alicyclic amines) is 1. The van der Waals surface area contributed by atoms with Gasteiger partial charge in [-0.15, -0.1) is 0 Å². The van der Waals surface area contributed by atoms with E-state index in [0.717, 1.165) is 12.8 Å². The predicted molar refractivity (Wildman–Crippen MR) is 90.9 cm³/mol. The van der Waals surface area contributed by atoms with Crippen LogP contribution >= 0.6 is 0 Å². The van der Waals surface area contributed by atoms with Crippen molar-refractivity contribution in [1.29, 1.82) is 0 Å². The molecule has 0 bridgehead atoms. The molecule has 6 heteroatoms. The molecule has 2 aromatic heterocycles. The minimum Gasteiger partial charge on any atom is -0.472 e. The fourth-order valence-corrected chi connectivity index (χ4v) is 3.00. The van der Waals surface area contributed by atoms with Gasteiger partial charge in [0.15, 0.2) is 0 Å². The van der Waals surface area contributed by atoms with Gasteiger partial charge in [0.1, 0.15) is 6.26 Å². The second-order valence-electron chi connectivity index (χ2n) is 6.21. The summed E-state index contributed by atoms with van der Waals surface area (Å²) < 4.78 is 10.3. The van der Waals surface area contributed by atoms with Gasteiger partial charge in [-0.05, 0) is 49.4 Å². The summed E-state index contributed by atoms with van der Waals surface area (Å²) in [6, 6.07) is 5.59. The Labute approximate surface area is 146 Å². The summed E-state index contributed by atoms with van der Waals surface area (Å²) >= 11 is 0. The van der Waals surface area contributed by atoms with Crippen LogP contribution in [0.2, 0.25) is 0 Å². The average Bonchev–Trinajstić information content (AvgIpc) is 3.20. The molecular formula is C19H22N2O4. The van der Waals surface area contributed by atoms with Crippen molar-refractivity contribution < 1.29 is 18.7 Å². The molecule has 0 spiro atoms. The number of nitrogens with zero attached hydrogens (tertiary/aromatic N) is 2. The van der Waals surface area contributed by atoms with Crippen LogP contribution in [0.4, 0.5) is 0 Å². The zero-order valence-electron chi connectivity index (χ0n) is 14.1. The van der Waals surface area contributed by atoms with E-state index in [4.69, 9.17) is 9.15 Å². The summed E-state index contributed by atoms with van der Waals surface area (Å²) in [5.41, 5.74) is 1.74. The first-order chi connectivity index (χ1) is 12.2. The Morgan fingerprint density at radius 1 is 1.20 bits per heavy atom. The van der Waals surface area contributed by atoms with Gasteiger partial charge in [-0.1, -0.05) is 0 Å². The van der Waals surface area contributed by atoms with Crippen molar-refractivity contribution in [3.8, 4) is 0 Å². The molecule has 3 rings (SSSR count). The van der Waals surface area contributed by atoms with E-state index >= 15 is 0 Å². The molecule has 6 nitrogen and oxygen atoms in total. The molecule has 0 unspecified atom stereocenters. The van der Waals surface area contributed by atoms with Crippen LogP contribution in [0, 0.1) is 5.92 Å². The van der Waals surface area contributed by atoms with Gasteiger partial charge in [0, 0.05) is 25.5 Å². The lowest BCUT2D eigenvalue weighted by Gasteiger charge is -2.30. The summed E-state index contributed by atoms with van der Waals surface area (Å²) in [4.78, 5) is 30.1. The highest BCUT2D eigenvalue weighted by molar-refractivity contribution is 5.94. The normalized spacial score (nSPS) is 15.1. The Balaban J connectivity index is 1.36. The van der Waals surface area contributed by atoms with E-state index in [2.05, 4.69) is 4.98 Å². The number of rotatable bonds is 6. The van der Waals surface area contributed by atoms with Crippen molar-refractivity contribution in [3.63, 3.8) is 0 Å². The molecule has 2 aromatic rings. The van der Waals surface area contributed by atoms with Crippen LogP contribution in [0.1, 0.15) is 35.2 Å². The first kappa shape index (κ1) is 17.2. The summed E-state index contributed by atoms with van der Waals surface area (Å²) in [6.45, 7) is 1.57. The molecule has 1 fully saturated rings. The van der Waals surface area contributed by atoms with Gasteiger partial charge in [0.25, 0.3) is 5.91 Å². The Kier molecular flexibility index (Phi) is 5.82. The maximum Gasteiger partial charge on any atom is 0.309 e. The SMILES string of the molecule is O=C(OCCCc1ccncc1)C1CCN(C(=O)c2ccoc2)CC1. The fraction of sp³-hybridized carbons (Fsp3) is 0.421. The number of pyridine rings is 1. The van der Waals surface area contributed by atoms with Crippen LogP contribution in [0.3, 0.4) is 0 Å². The zero-order chi connectivity index (χ0) is 17.5. The minimum atomic E-state index is -0.148. The number of esters is 1. The number of ether oxygens (including phenoxy) is 1. The second-order valence-corrected chi connectivity index (χ2v) is 6.21. The van der Waals surface area contributed by atoms with Crippen LogP contribution in [-0.2, 0) is 16.0 Å². The molecule has 1 saturated heterocycles. The van der Waals surface area contributed by atoms with E-state index < -0.39 is 0 Å². The molecule has 0 radical (unpaired) electrons. The molecule has 0 aliphatic carbocycles. The Hall–Kier alpha value is -2.63. The molecule has 0 aromatic carbocycles. The third-order valence-corrected chi connectivity index (χ3v) is 4.49. The molecular weight excluding hydrogens is 320 g/mol. The van der Waals surface area contributed by atoms with E-state index in [1.807, 2.05) is 12.1 Å². The van der Waals surface area contributed by atoms with E-state index in [1.54, 1.807) is 23.4 Å². The third kappa shape index (κ3) is 4.68. The Morgan fingerprint density at radius 2 is 1.96 bits per heavy atom. The standard InChI is InChI=1S/C19H22N2O4/c22-18(17-7-13-24-14-17)21-10-5-16(6-11-21)19(23)25-12-1-2-15-3-8-20-9-4-15/h3-4,7-9,13-14,16H,1-2,5-6,10-12H2. The lowest BCUT2D eigenvalue weighted by Crippen LogP contribution is -2.40. The fourth-order valence-electron chi connectivity index (χ4n) is 3.00. The highest BCUT2D eigenvalue weighted by atomic mass is 16.5. The van der Waals surface area contributed by atoms with Crippen LogP contribution in [0.5, 0.6) is 0 Å². The van der Waals surface area contributed by atoms with Crippen molar-refractivity contribution in [1.82, 2.24) is 9.88 Å². The average molecular weight is 342 g/mol. The highest BCUT2D eigenvalue weighted by Crippen LogP contribution is 2.20. The van der Waals surface area contributed by atoms with Gasteiger partial charge in [-0.25, -0.2) is 0 Å². The molecule has 1 amide bonds. The number of hydrogen-bond acceptors (Lipinski definition) is 5. The van der Waals surface area contributed by atoms with E-state index in [-0.39, 0.29) is 17.8 Å². The van der Waals surface area contributed by atoms with Crippen molar-refractivity contribution in [2.24, 2.45) is 5.92 Å². The van der Waals surface area contributed by atoms with Crippen molar-refractivity contribution in [2.75, 3.05) is 19.7 Å². The van der Waals surface area contributed by atoms with Gasteiger partial charge < -0.3 is 14.1 Å². The molecule has 0 saturated carbocycles. The predicted octanol–water partition coefficient (Wildman–Crippen LogP) is 2.70. The summed E-state index contributed by atoms with van der Waals surface area (Å²) in [5.74, 6) is -0.308. The highest BCUT2D eigenvalue weighted by Gasteiger charge is 2.29. The van der Waals surface area contributed by atoms with Crippen LogP contribution < -0.4 is 0 Å². The van der Waals surface area contributed by atoms with E-state index in [1.165, 1.54) is 18.1 Å². The molecule has 1 aliphatic heterocycles. The number of furan rings is 1. The monoisotopic (exact) mass is 342 g/mol. The third-order valence-electron chi connectivity index (χ3n) is 4.49. The van der Waals surface area contributed by atoms with E-state index in [0.29, 0.717) is 38.1 Å². The van der Waals surface area contributed by atoms with Crippen molar-refractivity contribution >= 4 is 11.9 Å². The Bertz CT molecular complexity index is 677. The van der Waals surface area contributed by atoms with Crippen LogP contribution in [-0.4, -0.2) is 41.5 Å². The molecule has 132 valence electrons. The van der Waals surface area contributed by atoms with Gasteiger partial charge in [0.2, 0.25) is 0 Å². The molecule has 3 heterocycles. The Morgan fingerprint density at radius 3 is 2.64 bits per heavy atom. The minimum absolute atomic E-state index is 0.0436. The summed E-state index contributed by atoms with van der Waals surface area (Å²) in [5, 5.41) is 0. The maximum atomic E-state index is 12.2. The number of carbonyl (C=O) groups is 2. The topological polar surface area (TPSA) is 72.6 Å². The molecule has 0 N–H and O–H groups in total. The lowest BCUT2D eigenvalue weighted by molar-refractivity contribution is -0.150. The second kappa shape index (κ2) is 8.46. The van der Waals surface area contributed by atoms with Crippen molar-refractivity contribution in [3.05, 3.63) is 54.2 Å². The largest absolute Gasteiger partial charge is 0.472 e. The smallest absolute Gasteiger partial charge is 0.309 e. The van der Waals surface area contributed by atoms with Gasteiger partial charge in [0.05, 0.1) is 24.4 Å². The van der Waals surface area contributed by atoms with Crippen molar-refractivity contribution in [2.45, 2.75) is 25.7 Å². The molecule has 0 atom stereocenters. The van der Waals surface area contributed by atoms with E-state index in [9.17, 15) is 9.59 Å². The number of hydrogen-bond donors (Lipinski definition) is 0. The molecule has 1 aliphatic rings. The number of amides is 1. The number of aromatic nitrogens is 1. The summed E-state index contributed by atoms with van der Waals surface area (Å²) in [6.07, 6.45) is 9.43.